The van der Waals surface area contributed by atoms with E-state index in [0.717, 1.165) is 0 Å². The van der Waals surface area contributed by atoms with Gasteiger partial charge in [-0.05, 0) is 27.7 Å². The first-order valence-corrected chi connectivity index (χ1v) is 8.35. The van der Waals surface area contributed by atoms with Crippen molar-refractivity contribution in [3.63, 3.8) is 0 Å². The van der Waals surface area contributed by atoms with Crippen molar-refractivity contribution in [1.82, 2.24) is 5.06 Å². The van der Waals surface area contributed by atoms with Crippen LogP contribution in [0.3, 0.4) is 0 Å². The maximum Gasteiger partial charge on any atom is 0.356 e. The lowest BCUT2D eigenvalue weighted by atomic mass is 10.3. The van der Waals surface area contributed by atoms with Crippen molar-refractivity contribution in [2.75, 3.05) is 5.90 Å². The SMILES string of the molecule is CC(C)N(OP(=O)(O)CP(=O)(O)O)C(C)C. The van der Waals surface area contributed by atoms with E-state index in [0.29, 0.717) is 0 Å². The fourth-order valence-corrected chi connectivity index (χ4v) is 3.93. The molecule has 7 nitrogen and oxygen atoms in total. The van der Waals surface area contributed by atoms with Crippen LogP contribution in [0, 0.1) is 0 Å². The fourth-order valence-electron chi connectivity index (χ4n) is 1.19. The van der Waals surface area contributed by atoms with Crippen molar-refractivity contribution >= 4 is 15.2 Å². The quantitative estimate of drug-likeness (QED) is 0.496. The van der Waals surface area contributed by atoms with Crippen LogP contribution < -0.4 is 0 Å². The third-order valence-electron chi connectivity index (χ3n) is 1.60. The van der Waals surface area contributed by atoms with Crippen molar-refractivity contribution < 1.29 is 28.4 Å². The van der Waals surface area contributed by atoms with Gasteiger partial charge in [0, 0.05) is 12.1 Å². The molecular formula is C7H19NO6P2. The van der Waals surface area contributed by atoms with E-state index in [2.05, 4.69) is 0 Å². The largest absolute Gasteiger partial charge is 0.356 e. The highest BCUT2D eigenvalue weighted by molar-refractivity contribution is 7.69. The van der Waals surface area contributed by atoms with E-state index in [9.17, 15) is 14.0 Å². The van der Waals surface area contributed by atoms with E-state index in [-0.39, 0.29) is 12.1 Å². The normalized spacial score (nSPS) is 17.1. The molecule has 0 amide bonds. The molecule has 0 aromatic rings. The van der Waals surface area contributed by atoms with E-state index >= 15 is 0 Å². The first kappa shape index (κ1) is 16.3. The molecule has 0 aliphatic carbocycles. The molecule has 0 aromatic heterocycles. The molecule has 0 aromatic carbocycles. The molecule has 0 fully saturated rings. The van der Waals surface area contributed by atoms with Crippen LogP contribution in [0.25, 0.3) is 0 Å². The van der Waals surface area contributed by atoms with Gasteiger partial charge in [-0.2, -0.15) is 5.06 Å². The third-order valence-corrected chi connectivity index (χ3v) is 4.95. The Hall–Kier alpha value is 0.260. The highest BCUT2D eigenvalue weighted by Crippen LogP contribution is 2.56. The summed E-state index contributed by atoms with van der Waals surface area (Å²) in [6.07, 6.45) is 0. The second-order valence-corrected chi connectivity index (χ2v) is 7.97. The number of nitrogens with zero attached hydrogens (tertiary/aromatic N) is 1. The molecule has 0 saturated carbocycles. The molecule has 0 rings (SSSR count). The first-order chi connectivity index (χ1) is 6.94. The minimum Gasteiger partial charge on any atom is -0.324 e. The fraction of sp³-hybridized carbons (Fsp3) is 1.00. The molecule has 1 atom stereocenters. The van der Waals surface area contributed by atoms with Gasteiger partial charge in [-0.25, -0.2) is 4.62 Å². The van der Waals surface area contributed by atoms with E-state index in [1.807, 2.05) is 0 Å². The van der Waals surface area contributed by atoms with E-state index in [1.165, 1.54) is 5.06 Å². The molecule has 0 spiro atoms. The lowest BCUT2D eigenvalue weighted by Gasteiger charge is -2.30. The van der Waals surface area contributed by atoms with Gasteiger partial charge in [0.15, 0.2) is 5.90 Å². The molecule has 16 heavy (non-hydrogen) atoms. The Morgan fingerprint density at radius 1 is 1.06 bits per heavy atom. The summed E-state index contributed by atoms with van der Waals surface area (Å²) in [7, 11) is -8.88. The summed E-state index contributed by atoms with van der Waals surface area (Å²) in [5.74, 6) is -1.17. The average molecular weight is 275 g/mol. The molecule has 0 radical (unpaired) electrons. The second kappa shape index (κ2) is 5.74. The molecular weight excluding hydrogens is 256 g/mol. The molecule has 1 unspecified atom stereocenters. The van der Waals surface area contributed by atoms with Gasteiger partial charge >= 0.3 is 15.2 Å². The van der Waals surface area contributed by atoms with Crippen LogP contribution in [0.5, 0.6) is 0 Å². The molecule has 0 aliphatic heterocycles. The zero-order valence-electron chi connectivity index (χ0n) is 9.77. The van der Waals surface area contributed by atoms with Crippen LogP contribution in [-0.4, -0.2) is 37.7 Å². The minimum absolute atomic E-state index is 0.169. The van der Waals surface area contributed by atoms with Crippen LogP contribution in [0.1, 0.15) is 27.7 Å². The summed E-state index contributed by atoms with van der Waals surface area (Å²) in [5.41, 5.74) is 0. The number of rotatable bonds is 6. The zero-order chi connectivity index (χ0) is 13.1. The Morgan fingerprint density at radius 2 is 1.44 bits per heavy atom. The molecule has 3 N–H and O–H groups in total. The van der Waals surface area contributed by atoms with Gasteiger partial charge in [0.2, 0.25) is 0 Å². The molecule has 0 aliphatic rings. The summed E-state index contributed by atoms with van der Waals surface area (Å²) in [6.45, 7) is 6.99. The van der Waals surface area contributed by atoms with E-state index in [1.54, 1.807) is 27.7 Å². The van der Waals surface area contributed by atoms with Gasteiger partial charge < -0.3 is 14.7 Å². The van der Waals surface area contributed by atoms with Crippen molar-refractivity contribution in [2.45, 2.75) is 39.8 Å². The summed E-state index contributed by atoms with van der Waals surface area (Å²) in [5, 5.41) is 1.25. The zero-order valence-corrected chi connectivity index (χ0v) is 11.6. The Morgan fingerprint density at radius 3 is 1.69 bits per heavy atom. The molecule has 0 bridgehead atoms. The van der Waals surface area contributed by atoms with Crippen LogP contribution in [0.4, 0.5) is 0 Å². The number of hydroxylamine groups is 2. The lowest BCUT2D eigenvalue weighted by Crippen LogP contribution is -2.36. The summed E-state index contributed by atoms with van der Waals surface area (Å²) in [6, 6.07) is -0.338. The van der Waals surface area contributed by atoms with Gasteiger partial charge in [0.25, 0.3) is 0 Å². The van der Waals surface area contributed by atoms with Crippen LogP contribution in [-0.2, 0) is 13.8 Å². The smallest absolute Gasteiger partial charge is 0.324 e. The van der Waals surface area contributed by atoms with Crippen LogP contribution >= 0.6 is 15.2 Å². The van der Waals surface area contributed by atoms with Gasteiger partial charge in [-0.3, -0.25) is 9.13 Å². The van der Waals surface area contributed by atoms with E-state index in [4.69, 9.17) is 14.4 Å². The molecule has 0 heterocycles. The minimum atomic E-state index is -4.57. The van der Waals surface area contributed by atoms with Crippen molar-refractivity contribution in [3.05, 3.63) is 0 Å². The van der Waals surface area contributed by atoms with Crippen LogP contribution in [0.15, 0.2) is 0 Å². The Kier molecular flexibility index (Phi) is 5.83. The average Bonchev–Trinajstić information content (AvgIpc) is 1.94. The van der Waals surface area contributed by atoms with Gasteiger partial charge in [0.05, 0.1) is 0 Å². The highest BCUT2D eigenvalue weighted by atomic mass is 31.2. The topological polar surface area (TPSA) is 107 Å². The number of hydrogen-bond acceptors (Lipinski definition) is 4. The maximum atomic E-state index is 11.4. The first-order valence-electron chi connectivity index (χ1n) is 4.79. The van der Waals surface area contributed by atoms with Gasteiger partial charge in [0.1, 0.15) is 0 Å². The second-order valence-electron chi connectivity index (χ2n) is 4.07. The Labute approximate surface area is 95.1 Å². The molecule has 9 heteroatoms. The summed E-state index contributed by atoms with van der Waals surface area (Å²) >= 11 is 0. The summed E-state index contributed by atoms with van der Waals surface area (Å²) in [4.78, 5) is 26.6. The van der Waals surface area contributed by atoms with Crippen molar-refractivity contribution in [1.29, 1.82) is 0 Å². The Balaban J connectivity index is 4.67. The summed E-state index contributed by atoms with van der Waals surface area (Å²) < 4.78 is 26.9. The van der Waals surface area contributed by atoms with Gasteiger partial charge in [-0.1, -0.05) is 0 Å². The lowest BCUT2D eigenvalue weighted by molar-refractivity contribution is -0.117. The van der Waals surface area contributed by atoms with Crippen molar-refractivity contribution in [2.24, 2.45) is 0 Å². The van der Waals surface area contributed by atoms with E-state index < -0.39 is 21.1 Å². The van der Waals surface area contributed by atoms with Crippen LogP contribution in [0.2, 0.25) is 0 Å². The van der Waals surface area contributed by atoms with Crippen molar-refractivity contribution in [3.8, 4) is 0 Å². The Bertz CT molecular complexity index is 304. The molecule has 98 valence electrons. The predicted molar refractivity (Wildman–Crippen MR) is 59.9 cm³/mol. The van der Waals surface area contributed by atoms with Gasteiger partial charge in [-0.15, -0.1) is 0 Å². The monoisotopic (exact) mass is 275 g/mol. The maximum absolute atomic E-state index is 11.4. The number of hydrogen-bond donors (Lipinski definition) is 3. The standard InChI is InChI=1S/C7H19NO6P2/c1-6(2)8(7(3)4)14-16(12,13)5-15(9,10)11/h6-7H,5H2,1-4H3,(H,12,13)(H2,9,10,11). The third kappa shape index (κ3) is 6.76. The predicted octanol–water partition coefficient (Wildman–Crippen LogP) is 1.36. The highest BCUT2D eigenvalue weighted by Gasteiger charge is 2.34. The molecule has 0 saturated heterocycles.